The molecule has 1 saturated carbocycles. The number of aromatic hydroxyl groups is 1. The number of phenolic OH excluding ortho intramolecular Hbond substituents is 1. The normalized spacial score (nSPS) is 30.0. The largest absolute Gasteiger partial charge is 0.504 e. The molecule has 0 unspecified atom stereocenters. The number of likely N-dealkylation sites (N-methyl/N-ethyl adjacent to an activating group) is 1. The number of carbonyl (C=O) groups excluding carboxylic acids is 1. The Hall–Kier alpha value is -3.86. The zero-order valence-electron chi connectivity index (χ0n) is 22.4. The third-order valence-electron chi connectivity index (χ3n) is 9.71. The van der Waals surface area contributed by atoms with Gasteiger partial charge in [-0.1, -0.05) is 24.3 Å². The van der Waals surface area contributed by atoms with Crippen molar-refractivity contribution in [3.05, 3.63) is 87.5 Å². The van der Waals surface area contributed by atoms with E-state index in [4.69, 9.17) is 4.74 Å². The smallest absolute Gasteiger partial charge is 0.416 e. The number of nitro groups is 1. The van der Waals surface area contributed by atoms with Gasteiger partial charge >= 0.3 is 6.18 Å². The van der Waals surface area contributed by atoms with Gasteiger partial charge in [-0.15, -0.1) is 6.58 Å². The summed E-state index contributed by atoms with van der Waals surface area (Å²) in [4.78, 5) is 30.0. The lowest BCUT2D eigenvalue weighted by Gasteiger charge is -2.61. The highest BCUT2D eigenvalue weighted by Crippen LogP contribution is 2.66. The summed E-state index contributed by atoms with van der Waals surface area (Å²) in [6.45, 7) is 4.92. The van der Waals surface area contributed by atoms with Crippen molar-refractivity contribution >= 4 is 12.0 Å². The number of ether oxygens (including phenoxy) is 1. The minimum absolute atomic E-state index is 0.0890. The van der Waals surface area contributed by atoms with Crippen molar-refractivity contribution in [2.45, 2.75) is 61.0 Å². The van der Waals surface area contributed by atoms with E-state index in [2.05, 4.69) is 11.5 Å². The number of nitrogens with zero attached hydrogens (tertiary/aromatic N) is 3. The molecule has 5 atom stereocenters. The molecule has 11 heteroatoms. The fraction of sp³-hybridized carbons (Fsp3) is 0.433. The van der Waals surface area contributed by atoms with Crippen molar-refractivity contribution in [2.75, 3.05) is 20.1 Å². The van der Waals surface area contributed by atoms with Crippen LogP contribution in [0.25, 0.3) is 6.08 Å². The first kappa shape index (κ1) is 27.3. The zero-order chi connectivity index (χ0) is 29.3. The monoisotopic (exact) mass is 569 g/mol. The highest BCUT2D eigenvalue weighted by atomic mass is 19.4. The van der Waals surface area contributed by atoms with Gasteiger partial charge in [-0.3, -0.25) is 19.8 Å². The van der Waals surface area contributed by atoms with Gasteiger partial charge in [-0.25, -0.2) is 0 Å². The Balaban J connectivity index is 1.38. The van der Waals surface area contributed by atoms with Crippen LogP contribution in [0.15, 0.2) is 55.1 Å². The molecule has 0 aromatic heterocycles. The van der Waals surface area contributed by atoms with Crippen LogP contribution in [0, 0.1) is 10.1 Å². The van der Waals surface area contributed by atoms with Crippen LogP contribution in [-0.4, -0.2) is 69.6 Å². The molecule has 2 fully saturated rings. The first-order chi connectivity index (χ1) is 19.5. The van der Waals surface area contributed by atoms with Gasteiger partial charge in [0, 0.05) is 43.1 Å². The Labute approximate surface area is 234 Å². The van der Waals surface area contributed by atoms with Crippen LogP contribution in [0.3, 0.4) is 0 Å². The molecule has 1 spiro atoms. The van der Waals surface area contributed by atoms with Gasteiger partial charge < -0.3 is 14.7 Å². The predicted octanol–water partition coefficient (Wildman–Crippen LogP) is 4.58. The van der Waals surface area contributed by atoms with Gasteiger partial charge in [0.2, 0.25) is 5.91 Å². The summed E-state index contributed by atoms with van der Waals surface area (Å²) < 4.78 is 45.9. The Kier molecular flexibility index (Phi) is 6.22. The van der Waals surface area contributed by atoms with E-state index < -0.39 is 46.8 Å². The Morgan fingerprint density at radius 2 is 2.10 bits per heavy atom. The second kappa shape index (κ2) is 9.34. The fourth-order valence-electron chi connectivity index (χ4n) is 8.03. The molecule has 8 nitrogen and oxygen atoms in total. The molecule has 2 heterocycles. The van der Waals surface area contributed by atoms with E-state index in [-0.39, 0.29) is 34.8 Å². The van der Waals surface area contributed by atoms with Crippen LogP contribution in [0.5, 0.6) is 11.5 Å². The molecule has 216 valence electrons. The molecular weight excluding hydrogens is 539 g/mol. The van der Waals surface area contributed by atoms with Gasteiger partial charge in [0.05, 0.1) is 17.6 Å². The molecular formula is C30H30F3N3O5. The summed E-state index contributed by atoms with van der Waals surface area (Å²) in [5.74, 6) is -0.298. The topological polar surface area (TPSA) is 96.2 Å². The van der Waals surface area contributed by atoms with Crippen LogP contribution in [-0.2, 0) is 22.8 Å². The summed E-state index contributed by atoms with van der Waals surface area (Å²) in [5, 5.41) is 24.0. The second-order valence-electron chi connectivity index (χ2n) is 11.4. The lowest BCUT2D eigenvalue weighted by Crippen LogP contribution is -2.80. The maximum atomic E-state index is 13.4. The van der Waals surface area contributed by atoms with Gasteiger partial charge in [0.15, 0.2) is 11.5 Å². The minimum atomic E-state index is -4.51. The molecule has 2 aliphatic carbocycles. The Morgan fingerprint density at radius 3 is 2.80 bits per heavy atom. The number of benzene rings is 2. The van der Waals surface area contributed by atoms with Crippen LogP contribution >= 0.6 is 0 Å². The fourth-order valence-corrected chi connectivity index (χ4v) is 8.03. The van der Waals surface area contributed by atoms with Gasteiger partial charge in [0.25, 0.3) is 5.54 Å². The number of hydrogen-bond acceptors (Lipinski definition) is 6. The number of likely N-dealkylation sites (tertiary alicyclic amines) is 1. The summed E-state index contributed by atoms with van der Waals surface area (Å²) in [7, 11) is 1.58. The summed E-state index contributed by atoms with van der Waals surface area (Å²) in [6.07, 6.45) is 0.336. The van der Waals surface area contributed by atoms with E-state index in [1.807, 2.05) is 6.07 Å². The highest BCUT2D eigenvalue weighted by Gasteiger charge is 2.80. The minimum Gasteiger partial charge on any atom is -0.504 e. The number of piperidine rings is 1. The third-order valence-corrected chi connectivity index (χ3v) is 9.71. The van der Waals surface area contributed by atoms with Crippen molar-refractivity contribution in [3.63, 3.8) is 0 Å². The molecule has 2 aromatic rings. The number of halogens is 3. The maximum absolute atomic E-state index is 13.4. The van der Waals surface area contributed by atoms with E-state index in [9.17, 15) is 33.2 Å². The van der Waals surface area contributed by atoms with E-state index in [0.717, 1.165) is 17.7 Å². The number of hydrogen-bond donors (Lipinski definition) is 1. The average Bonchev–Trinajstić information content (AvgIpc) is 3.29. The SMILES string of the molecule is C=CCN1CC[C@]23c4c5ccc(O)c4O[C@H]2[C@@H](N(C)C(=O)C=Cc2cccc(C(F)(F)F)c2)CC[C@@]3([N+](=O)[O-])[C@H]1C5. The van der Waals surface area contributed by atoms with Crippen molar-refractivity contribution in [3.8, 4) is 11.5 Å². The van der Waals surface area contributed by atoms with E-state index in [1.54, 1.807) is 19.2 Å². The van der Waals surface area contributed by atoms with Crippen LogP contribution in [0.4, 0.5) is 13.2 Å². The van der Waals surface area contributed by atoms with Gasteiger partial charge in [-0.05, 0) is 54.7 Å². The first-order valence-corrected chi connectivity index (χ1v) is 13.6. The number of rotatable bonds is 6. The molecule has 2 aliphatic heterocycles. The number of carbonyl (C=O) groups is 1. The number of alkyl halides is 3. The van der Waals surface area contributed by atoms with Gasteiger partial charge in [0.1, 0.15) is 11.5 Å². The predicted molar refractivity (Wildman–Crippen MR) is 144 cm³/mol. The number of phenols is 1. The average molecular weight is 570 g/mol. The van der Waals surface area contributed by atoms with Crippen LogP contribution in [0.1, 0.15) is 41.5 Å². The molecule has 6 rings (SSSR count). The lowest BCUT2D eigenvalue weighted by molar-refractivity contribution is -0.605. The molecule has 0 radical (unpaired) electrons. The molecule has 1 saturated heterocycles. The van der Waals surface area contributed by atoms with E-state index in [0.29, 0.717) is 31.5 Å². The Bertz CT molecular complexity index is 1480. The zero-order valence-corrected chi connectivity index (χ0v) is 22.4. The first-order valence-electron chi connectivity index (χ1n) is 13.6. The van der Waals surface area contributed by atoms with Crippen LogP contribution in [0.2, 0.25) is 0 Å². The van der Waals surface area contributed by atoms with Crippen LogP contribution < -0.4 is 4.74 Å². The second-order valence-corrected chi connectivity index (χ2v) is 11.4. The van der Waals surface area contributed by atoms with Crippen molar-refractivity contribution in [2.24, 2.45) is 0 Å². The van der Waals surface area contributed by atoms with Gasteiger partial charge in [-0.2, -0.15) is 13.2 Å². The Morgan fingerprint density at radius 1 is 1.32 bits per heavy atom. The summed E-state index contributed by atoms with van der Waals surface area (Å²) >= 11 is 0. The van der Waals surface area contributed by atoms with Crippen molar-refractivity contribution in [1.82, 2.24) is 9.80 Å². The molecule has 1 amide bonds. The molecule has 41 heavy (non-hydrogen) atoms. The summed E-state index contributed by atoms with van der Waals surface area (Å²) in [6, 6.07) is 7.07. The highest BCUT2D eigenvalue weighted by molar-refractivity contribution is 5.92. The van der Waals surface area contributed by atoms with Crippen molar-refractivity contribution in [1.29, 1.82) is 0 Å². The standard InChI is InChI=1S/C30H30F3N3O5/c1-3-14-35-15-13-28-25-19-8-9-22(37)26(25)41-27(28)21(11-12-29(28,36(39)40)23(35)17-19)34(2)24(38)10-7-18-5-4-6-20(16-18)30(31,32)33/h3-10,16,21,23,27,37H,1,11-15,17H2,2H3/t21-,23+,27-,28-,29+/m0/s1. The molecule has 2 bridgehead atoms. The third kappa shape index (κ3) is 3.74. The molecule has 2 aromatic carbocycles. The quantitative estimate of drug-likeness (QED) is 0.237. The lowest BCUT2D eigenvalue weighted by atomic mass is 9.46. The number of amides is 1. The molecule has 1 N–H and O–H groups in total. The maximum Gasteiger partial charge on any atom is 0.416 e. The van der Waals surface area contributed by atoms with E-state index >= 15 is 0 Å². The summed E-state index contributed by atoms with van der Waals surface area (Å²) in [5.41, 5.74) is -1.47. The van der Waals surface area contributed by atoms with Crippen molar-refractivity contribution < 1.29 is 32.7 Å². The molecule has 4 aliphatic rings. The van der Waals surface area contributed by atoms with E-state index in [1.165, 1.54) is 29.2 Å².